The average molecular weight is 316 g/mol. The molecule has 1 rings (SSSR count). The normalized spacial score (nSPS) is 11.4. The second-order valence-corrected chi connectivity index (χ2v) is 7.35. The van der Waals surface area contributed by atoms with E-state index >= 15 is 0 Å². The van der Waals surface area contributed by atoms with Crippen LogP contribution in [0.2, 0.25) is 0 Å². The molecule has 0 aliphatic carbocycles. The summed E-state index contributed by atoms with van der Waals surface area (Å²) in [5, 5.41) is 1.92. The Balaban J connectivity index is 2.60. The summed E-state index contributed by atoms with van der Waals surface area (Å²) < 4.78 is 30.3. The molecule has 7 heteroatoms. The summed E-state index contributed by atoms with van der Waals surface area (Å²) in [5.41, 5.74) is 6.25. The maximum absolute atomic E-state index is 12.0. The number of methoxy groups -OCH3 is 1. The molecule has 0 atom stereocenters. The van der Waals surface area contributed by atoms with Crippen molar-refractivity contribution in [3.05, 3.63) is 21.9 Å². The van der Waals surface area contributed by atoms with Crippen LogP contribution in [0.4, 0.5) is 0 Å². The highest BCUT2D eigenvalue weighted by Gasteiger charge is 2.17. The van der Waals surface area contributed by atoms with E-state index in [0.717, 1.165) is 10.4 Å². The van der Waals surface area contributed by atoms with E-state index in [1.54, 1.807) is 14.2 Å². The smallest absolute Gasteiger partial charge is 0.214 e. The number of sulfonamides is 1. The molecule has 0 aliphatic rings. The lowest BCUT2D eigenvalue weighted by atomic mass is 10.3. The summed E-state index contributed by atoms with van der Waals surface area (Å²) in [7, 11) is -0.0870. The molecule has 5 nitrogen and oxygen atoms in total. The van der Waals surface area contributed by atoms with E-state index in [4.69, 9.17) is 10.5 Å². The van der Waals surface area contributed by atoms with Crippen molar-refractivity contribution in [2.75, 3.05) is 33.1 Å². The first-order valence-electron chi connectivity index (χ1n) is 6.19. The molecule has 112 valence electrons. The van der Waals surface area contributed by atoms with Crippen LogP contribution in [-0.2, 0) is 21.3 Å². The number of ether oxygens (including phenoxy) is 1. The standard InChI is InChI=1S/C13H20N2O3S2/c1-15(20(16,17)8-4-7-18-2)10-12-9-13(19-11-12)5-3-6-14/h9,11H,4,6-8,10,14H2,1-2H3. The van der Waals surface area contributed by atoms with Crippen LogP contribution in [0, 0.1) is 11.8 Å². The molecule has 0 aromatic carbocycles. The second-order valence-electron chi connectivity index (χ2n) is 4.24. The molecule has 0 amide bonds. The first-order chi connectivity index (χ1) is 9.49. The van der Waals surface area contributed by atoms with Crippen molar-refractivity contribution in [1.29, 1.82) is 0 Å². The van der Waals surface area contributed by atoms with Gasteiger partial charge in [-0.25, -0.2) is 12.7 Å². The van der Waals surface area contributed by atoms with Crippen LogP contribution in [0.1, 0.15) is 16.9 Å². The Morgan fingerprint density at radius 1 is 1.50 bits per heavy atom. The van der Waals surface area contributed by atoms with Crippen molar-refractivity contribution in [2.24, 2.45) is 5.73 Å². The van der Waals surface area contributed by atoms with Gasteiger partial charge in [0.05, 0.1) is 17.2 Å². The minimum absolute atomic E-state index is 0.0985. The monoisotopic (exact) mass is 316 g/mol. The summed E-state index contributed by atoms with van der Waals surface area (Å²) in [6.45, 7) is 1.13. The number of thiophene rings is 1. The van der Waals surface area contributed by atoms with Gasteiger partial charge in [0, 0.05) is 27.3 Å². The Morgan fingerprint density at radius 3 is 2.90 bits per heavy atom. The van der Waals surface area contributed by atoms with Crippen LogP contribution in [0.15, 0.2) is 11.4 Å². The van der Waals surface area contributed by atoms with Gasteiger partial charge < -0.3 is 10.5 Å². The Labute approximate surface area is 124 Å². The van der Waals surface area contributed by atoms with Crippen molar-refractivity contribution < 1.29 is 13.2 Å². The van der Waals surface area contributed by atoms with E-state index in [9.17, 15) is 8.42 Å². The molecular formula is C13H20N2O3S2. The highest BCUT2D eigenvalue weighted by atomic mass is 32.2. The third kappa shape index (κ3) is 5.61. The van der Waals surface area contributed by atoms with Crippen LogP contribution in [0.25, 0.3) is 0 Å². The van der Waals surface area contributed by atoms with Crippen LogP contribution >= 0.6 is 11.3 Å². The van der Waals surface area contributed by atoms with Crippen molar-refractivity contribution >= 4 is 21.4 Å². The summed E-state index contributed by atoms with van der Waals surface area (Å²) in [6, 6.07) is 1.90. The second kappa shape index (κ2) is 8.39. The van der Waals surface area contributed by atoms with Crippen LogP contribution < -0.4 is 5.73 Å². The van der Waals surface area contributed by atoms with E-state index in [-0.39, 0.29) is 5.75 Å². The number of nitrogens with two attached hydrogens (primary N) is 1. The van der Waals surface area contributed by atoms with Gasteiger partial charge >= 0.3 is 0 Å². The number of nitrogens with zero attached hydrogens (tertiary/aromatic N) is 1. The molecule has 1 heterocycles. The quantitative estimate of drug-likeness (QED) is 0.598. The lowest BCUT2D eigenvalue weighted by Crippen LogP contribution is -2.29. The molecule has 1 aromatic rings. The van der Waals surface area contributed by atoms with Gasteiger partial charge in [-0.05, 0) is 23.4 Å². The zero-order valence-electron chi connectivity index (χ0n) is 11.8. The van der Waals surface area contributed by atoms with Gasteiger partial charge in [-0.3, -0.25) is 0 Å². The fourth-order valence-electron chi connectivity index (χ4n) is 1.56. The van der Waals surface area contributed by atoms with Crippen molar-refractivity contribution in [2.45, 2.75) is 13.0 Å². The molecule has 2 N–H and O–H groups in total. The maximum atomic E-state index is 12.0. The van der Waals surface area contributed by atoms with Crippen molar-refractivity contribution in [1.82, 2.24) is 4.31 Å². The third-order valence-corrected chi connectivity index (χ3v) is 5.38. The summed E-state index contributed by atoms with van der Waals surface area (Å²) in [5.74, 6) is 5.81. The molecular weight excluding hydrogens is 296 g/mol. The van der Waals surface area contributed by atoms with Crippen molar-refractivity contribution in [3.63, 3.8) is 0 Å². The summed E-state index contributed by atoms with van der Waals surface area (Å²) >= 11 is 1.49. The fourth-order valence-corrected chi connectivity index (χ4v) is 3.47. The summed E-state index contributed by atoms with van der Waals surface area (Å²) in [6.07, 6.45) is 0.500. The molecule has 0 saturated carbocycles. The van der Waals surface area contributed by atoms with Gasteiger partial charge in [-0.15, -0.1) is 11.3 Å². The fraction of sp³-hybridized carbons (Fsp3) is 0.538. The van der Waals surface area contributed by atoms with Crippen LogP contribution in [-0.4, -0.2) is 45.8 Å². The van der Waals surface area contributed by atoms with E-state index in [1.165, 1.54) is 15.6 Å². The zero-order valence-corrected chi connectivity index (χ0v) is 13.4. The molecule has 0 radical (unpaired) electrons. The third-order valence-electron chi connectivity index (χ3n) is 2.60. The van der Waals surface area contributed by atoms with E-state index in [2.05, 4.69) is 11.8 Å². The minimum Gasteiger partial charge on any atom is -0.385 e. The average Bonchev–Trinajstić information content (AvgIpc) is 2.84. The molecule has 0 unspecified atom stereocenters. The van der Waals surface area contributed by atoms with E-state index in [0.29, 0.717) is 26.1 Å². The molecule has 1 aromatic heterocycles. The van der Waals surface area contributed by atoms with Crippen LogP contribution in [0.5, 0.6) is 0 Å². The molecule has 0 aliphatic heterocycles. The van der Waals surface area contributed by atoms with Gasteiger partial charge in [0.2, 0.25) is 10.0 Å². The highest BCUT2D eigenvalue weighted by Crippen LogP contribution is 2.16. The Morgan fingerprint density at radius 2 is 2.25 bits per heavy atom. The van der Waals surface area contributed by atoms with Gasteiger partial charge in [-0.1, -0.05) is 11.8 Å². The predicted octanol–water partition coefficient (Wildman–Crippen LogP) is 0.856. The van der Waals surface area contributed by atoms with Gasteiger partial charge in [0.1, 0.15) is 0 Å². The molecule has 0 saturated heterocycles. The Bertz CT molecular complexity index is 570. The minimum atomic E-state index is -3.24. The number of hydrogen-bond donors (Lipinski definition) is 1. The first-order valence-corrected chi connectivity index (χ1v) is 8.67. The molecule has 20 heavy (non-hydrogen) atoms. The van der Waals surface area contributed by atoms with Gasteiger partial charge in [0.25, 0.3) is 0 Å². The Hall–Kier alpha value is -0.910. The SMILES string of the molecule is COCCCS(=O)(=O)N(C)Cc1csc(C#CCN)c1. The highest BCUT2D eigenvalue weighted by molar-refractivity contribution is 7.89. The van der Waals surface area contributed by atoms with Gasteiger partial charge in [0.15, 0.2) is 0 Å². The van der Waals surface area contributed by atoms with E-state index < -0.39 is 10.0 Å². The zero-order chi connectivity index (χ0) is 15.0. The lowest BCUT2D eigenvalue weighted by Gasteiger charge is -2.16. The van der Waals surface area contributed by atoms with Crippen molar-refractivity contribution in [3.8, 4) is 11.8 Å². The summed E-state index contributed by atoms with van der Waals surface area (Å²) in [4.78, 5) is 0.899. The number of rotatable bonds is 7. The lowest BCUT2D eigenvalue weighted by molar-refractivity contribution is 0.199. The predicted molar refractivity (Wildman–Crippen MR) is 82.0 cm³/mol. The largest absolute Gasteiger partial charge is 0.385 e. The molecule has 0 spiro atoms. The Kier molecular flexibility index (Phi) is 7.19. The number of hydrogen-bond acceptors (Lipinski definition) is 5. The first kappa shape index (κ1) is 17.1. The maximum Gasteiger partial charge on any atom is 0.214 e. The van der Waals surface area contributed by atoms with Gasteiger partial charge in [-0.2, -0.15) is 0 Å². The molecule has 0 fully saturated rings. The topological polar surface area (TPSA) is 72.6 Å². The van der Waals surface area contributed by atoms with E-state index in [1.807, 2.05) is 11.4 Å². The van der Waals surface area contributed by atoms with Crippen LogP contribution in [0.3, 0.4) is 0 Å². The molecule has 0 bridgehead atoms.